The third kappa shape index (κ3) is 3.80. The average Bonchev–Trinajstić information content (AvgIpc) is 2.94. The summed E-state index contributed by atoms with van der Waals surface area (Å²) in [7, 11) is 0. The SMILES string of the molecule is CC(NC(=O)c1n[nH]c2c1CNCC2)c1ccc(Cl)c(Cl)c1.Cl. The first-order valence-electron chi connectivity index (χ1n) is 7.09. The molecule has 23 heavy (non-hydrogen) atoms. The van der Waals surface area contributed by atoms with Crippen LogP contribution in [0.3, 0.4) is 0 Å². The molecule has 124 valence electrons. The molecule has 0 aliphatic carbocycles. The van der Waals surface area contributed by atoms with Gasteiger partial charge in [0.25, 0.3) is 5.91 Å². The molecule has 0 saturated heterocycles. The van der Waals surface area contributed by atoms with Crippen molar-refractivity contribution < 1.29 is 4.79 Å². The Hall–Kier alpha value is -1.27. The van der Waals surface area contributed by atoms with Crippen LogP contribution in [0.1, 0.15) is 40.3 Å². The van der Waals surface area contributed by atoms with Crippen molar-refractivity contribution in [2.75, 3.05) is 6.54 Å². The summed E-state index contributed by atoms with van der Waals surface area (Å²) < 4.78 is 0. The molecule has 1 atom stereocenters. The largest absolute Gasteiger partial charge is 0.344 e. The zero-order valence-electron chi connectivity index (χ0n) is 12.5. The van der Waals surface area contributed by atoms with Gasteiger partial charge in [-0.05, 0) is 24.6 Å². The lowest BCUT2D eigenvalue weighted by molar-refractivity contribution is 0.0933. The number of benzene rings is 1. The van der Waals surface area contributed by atoms with Crippen LogP contribution in [0.15, 0.2) is 18.2 Å². The summed E-state index contributed by atoms with van der Waals surface area (Å²) in [6.45, 7) is 3.46. The van der Waals surface area contributed by atoms with Crippen molar-refractivity contribution in [3.63, 3.8) is 0 Å². The van der Waals surface area contributed by atoms with Gasteiger partial charge >= 0.3 is 0 Å². The standard InChI is InChI=1S/C15H16Cl2N4O.ClH/c1-8(9-2-3-11(16)12(17)6-9)19-15(22)14-10-7-18-5-4-13(10)20-21-14;/h2-3,6,8,18H,4-5,7H2,1H3,(H,19,22)(H,20,21);1H. The number of carbonyl (C=O) groups excluding carboxylic acids is 1. The number of halogens is 3. The number of amides is 1. The van der Waals surface area contributed by atoms with Gasteiger partial charge in [0.2, 0.25) is 0 Å². The third-order valence-electron chi connectivity index (χ3n) is 3.81. The number of nitrogens with one attached hydrogen (secondary N) is 3. The van der Waals surface area contributed by atoms with E-state index in [1.807, 2.05) is 13.0 Å². The Labute approximate surface area is 150 Å². The number of H-pyrrole nitrogens is 1. The molecular weight excluding hydrogens is 359 g/mol. The minimum Gasteiger partial charge on any atom is -0.344 e. The smallest absolute Gasteiger partial charge is 0.272 e. The van der Waals surface area contributed by atoms with Crippen LogP contribution < -0.4 is 10.6 Å². The molecule has 2 aromatic rings. The van der Waals surface area contributed by atoms with Crippen LogP contribution in [0.4, 0.5) is 0 Å². The molecule has 0 saturated carbocycles. The second kappa shape index (κ2) is 7.53. The number of hydrogen-bond acceptors (Lipinski definition) is 3. The van der Waals surface area contributed by atoms with Crippen LogP contribution in [-0.2, 0) is 13.0 Å². The fourth-order valence-electron chi connectivity index (χ4n) is 2.54. The van der Waals surface area contributed by atoms with Crippen LogP contribution in [0.2, 0.25) is 10.0 Å². The van der Waals surface area contributed by atoms with Crippen molar-refractivity contribution in [1.29, 1.82) is 0 Å². The lowest BCUT2D eigenvalue weighted by Gasteiger charge is -2.16. The van der Waals surface area contributed by atoms with Crippen LogP contribution >= 0.6 is 35.6 Å². The molecule has 0 radical (unpaired) electrons. The van der Waals surface area contributed by atoms with Crippen molar-refractivity contribution in [2.45, 2.75) is 25.9 Å². The van der Waals surface area contributed by atoms with Gasteiger partial charge < -0.3 is 10.6 Å². The monoisotopic (exact) mass is 374 g/mol. The summed E-state index contributed by atoms with van der Waals surface area (Å²) in [5.41, 5.74) is 3.33. The van der Waals surface area contributed by atoms with Gasteiger partial charge in [-0.15, -0.1) is 12.4 Å². The molecule has 1 unspecified atom stereocenters. The van der Waals surface area contributed by atoms with Crippen LogP contribution in [-0.4, -0.2) is 22.6 Å². The van der Waals surface area contributed by atoms with E-state index in [9.17, 15) is 4.79 Å². The summed E-state index contributed by atoms with van der Waals surface area (Å²) in [4.78, 5) is 12.4. The molecule has 0 fully saturated rings. The van der Waals surface area contributed by atoms with Gasteiger partial charge in [-0.2, -0.15) is 5.10 Å². The number of rotatable bonds is 3. The van der Waals surface area contributed by atoms with E-state index in [1.165, 1.54) is 0 Å². The second-order valence-electron chi connectivity index (χ2n) is 5.32. The number of nitrogens with zero attached hydrogens (tertiary/aromatic N) is 1. The minimum atomic E-state index is -0.195. The molecule has 0 bridgehead atoms. The maximum absolute atomic E-state index is 12.4. The molecule has 1 aliphatic heterocycles. The highest BCUT2D eigenvalue weighted by Gasteiger charge is 2.22. The zero-order valence-corrected chi connectivity index (χ0v) is 14.8. The Bertz CT molecular complexity index is 717. The predicted molar refractivity (Wildman–Crippen MR) is 93.6 cm³/mol. The minimum absolute atomic E-state index is 0. The van der Waals surface area contributed by atoms with Crippen molar-refractivity contribution >= 4 is 41.5 Å². The molecule has 3 N–H and O–H groups in total. The molecular formula is C15H17Cl3N4O. The normalized spacial score (nSPS) is 14.6. The molecule has 0 spiro atoms. The van der Waals surface area contributed by atoms with Gasteiger partial charge in [0, 0.05) is 30.8 Å². The number of hydrogen-bond donors (Lipinski definition) is 3. The molecule has 2 heterocycles. The molecule has 5 nitrogen and oxygen atoms in total. The lowest BCUT2D eigenvalue weighted by Crippen LogP contribution is -2.30. The Kier molecular flexibility index (Phi) is 5.92. The Balaban J connectivity index is 0.00000192. The van der Waals surface area contributed by atoms with E-state index in [0.29, 0.717) is 22.3 Å². The van der Waals surface area contributed by atoms with Gasteiger partial charge in [0.05, 0.1) is 16.1 Å². The van der Waals surface area contributed by atoms with Crippen LogP contribution in [0.25, 0.3) is 0 Å². The number of aromatic amines is 1. The van der Waals surface area contributed by atoms with Crippen LogP contribution in [0.5, 0.6) is 0 Å². The van der Waals surface area contributed by atoms with Gasteiger partial charge in [0.15, 0.2) is 5.69 Å². The van der Waals surface area contributed by atoms with E-state index >= 15 is 0 Å². The van der Waals surface area contributed by atoms with Crippen molar-refractivity contribution in [1.82, 2.24) is 20.8 Å². The summed E-state index contributed by atoms with van der Waals surface area (Å²) >= 11 is 11.9. The summed E-state index contributed by atoms with van der Waals surface area (Å²) in [6, 6.07) is 5.14. The quantitative estimate of drug-likeness (QED) is 0.771. The zero-order chi connectivity index (χ0) is 15.7. The fraction of sp³-hybridized carbons (Fsp3) is 0.333. The van der Waals surface area contributed by atoms with Crippen molar-refractivity contribution in [2.24, 2.45) is 0 Å². The lowest BCUT2D eigenvalue weighted by atomic mass is 10.1. The highest BCUT2D eigenvalue weighted by molar-refractivity contribution is 6.42. The Morgan fingerprint density at radius 2 is 2.13 bits per heavy atom. The van der Waals surface area contributed by atoms with Crippen molar-refractivity contribution in [3.05, 3.63) is 50.8 Å². The van der Waals surface area contributed by atoms with Crippen LogP contribution in [0, 0.1) is 0 Å². The van der Waals surface area contributed by atoms with E-state index in [-0.39, 0.29) is 24.4 Å². The molecule has 1 aromatic carbocycles. The molecule has 3 rings (SSSR count). The first-order valence-corrected chi connectivity index (χ1v) is 7.84. The van der Waals surface area contributed by atoms with Gasteiger partial charge in [-0.1, -0.05) is 29.3 Å². The molecule has 1 amide bonds. The number of aromatic nitrogens is 2. The van der Waals surface area contributed by atoms with E-state index in [0.717, 1.165) is 29.8 Å². The predicted octanol–water partition coefficient (Wildman–Crippen LogP) is 3.28. The van der Waals surface area contributed by atoms with Gasteiger partial charge in [-0.25, -0.2) is 0 Å². The molecule has 1 aromatic heterocycles. The van der Waals surface area contributed by atoms with Gasteiger partial charge in [-0.3, -0.25) is 9.89 Å². The van der Waals surface area contributed by atoms with Crippen molar-refractivity contribution in [3.8, 4) is 0 Å². The summed E-state index contributed by atoms with van der Waals surface area (Å²) in [6.07, 6.45) is 0.859. The number of fused-ring (bicyclic) bond motifs is 1. The average molecular weight is 376 g/mol. The summed E-state index contributed by atoms with van der Waals surface area (Å²) in [5.74, 6) is -0.195. The molecule has 1 aliphatic rings. The maximum atomic E-state index is 12.4. The Morgan fingerprint density at radius 3 is 2.87 bits per heavy atom. The highest BCUT2D eigenvalue weighted by atomic mass is 35.5. The molecule has 8 heteroatoms. The maximum Gasteiger partial charge on any atom is 0.272 e. The Morgan fingerprint density at radius 1 is 1.35 bits per heavy atom. The van der Waals surface area contributed by atoms with E-state index in [4.69, 9.17) is 23.2 Å². The third-order valence-corrected chi connectivity index (χ3v) is 4.55. The summed E-state index contributed by atoms with van der Waals surface area (Å²) in [5, 5.41) is 14.3. The second-order valence-corrected chi connectivity index (χ2v) is 6.14. The topological polar surface area (TPSA) is 69.8 Å². The van der Waals surface area contributed by atoms with E-state index in [1.54, 1.807) is 12.1 Å². The first-order chi connectivity index (χ1) is 10.6. The highest BCUT2D eigenvalue weighted by Crippen LogP contribution is 2.26. The van der Waals surface area contributed by atoms with E-state index < -0.39 is 0 Å². The fourth-order valence-corrected chi connectivity index (χ4v) is 2.85. The van der Waals surface area contributed by atoms with Gasteiger partial charge in [0.1, 0.15) is 0 Å². The van der Waals surface area contributed by atoms with E-state index in [2.05, 4.69) is 20.8 Å². The first kappa shape index (κ1) is 18.1. The number of carbonyl (C=O) groups is 1.